The van der Waals surface area contributed by atoms with Crippen molar-refractivity contribution in [3.8, 4) is 0 Å². The first-order valence-corrected chi connectivity index (χ1v) is 4.17. The van der Waals surface area contributed by atoms with Crippen molar-refractivity contribution in [2.45, 2.75) is 25.7 Å². The zero-order valence-corrected chi connectivity index (χ0v) is 5.90. The lowest BCUT2D eigenvalue weighted by Crippen LogP contribution is -2.23. The van der Waals surface area contributed by atoms with Crippen LogP contribution in [0.1, 0.15) is 25.7 Å². The minimum Gasteiger partial charge on any atom is -0.316 e. The number of rotatable bonds is 1. The maximum atomic E-state index is 3.42. The molecular formula is C8H15N. The van der Waals surface area contributed by atoms with E-state index in [9.17, 15) is 0 Å². The Bertz CT molecular complexity index is 90.7. The molecule has 0 aromatic carbocycles. The second-order valence-electron chi connectivity index (χ2n) is 3.44. The van der Waals surface area contributed by atoms with E-state index in [4.69, 9.17) is 0 Å². The maximum absolute atomic E-state index is 3.42. The highest BCUT2D eigenvalue weighted by Gasteiger charge is 2.28. The smallest absolute Gasteiger partial charge is 0.00174 e. The van der Waals surface area contributed by atoms with Gasteiger partial charge in [0.05, 0.1) is 0 Å². The highest BCUT2D eigenvalue weighted by molar-refractivity contribution is 4.82. The number of hydrogen-bond donors (Lipinski definition) is 1. The average Bonchev–Trinajstić information content (AvgIpc) is 2.11. The van der Waals surface area contributed by atoms with E-state index in [1.54, 1.807) is 0 Å². The van der Waals surface area contributed by atoms with Crippen LogP contribution in [0.3, 0.4) is 0 Å². The zero-order valence-electron chi connectivity index (χ0n) is 5.90. The Morgan fingerprint density at radius 3 is 2.33 bits per heavy atom. The van der Waals surface area contributed by atoms with E-state index < -0.39 is 0 Å². The van der Waals surface area contributed by atoms with E-state index in [0.717, 1.165) is 11.8 Å². The molecular weight excluding hydrogens is 110 g/mol. The van der Waals surface area contributed by atoms with Crippen LogP contribution in [0.4, 0.5) is 0 Å². The molecule has 1 unspecified atom stereocenters. The van der Waals surface area contributed by atoms with Gasteiger partial charge in [-0.2, -0.15) is 0 Å². The van der Waals surface area contributed by atoms with Crippen molar-refractivity contribution < 1.29 is 0 Å². The molecule has 1 nitrogen and oxygen atoms in total. The molecule has 1 aliphatic carbocycles. The van der Waals surface area contributed by atoms with Crippen molar-refractivity contribution in [3.63, 3.8) is 0 Å². The first kappa shape index (κ1) is 5.72. The summed E-state index contributed by atoms with van der Waals surface area (Å²) in [7, 11) is 0. The molecule has 0 spiro atoms. The number of nitrogens with one attached hydrogen (secondary N) is 1. The third kappa shape index (κ3) is 0.983. The molecule has 2 aliphatic rings. The Balaban J connectivity index is 1.82. The molecule has 0 bridgehead atoms. The van der Waals surface area contributed by atoms with E-state index in [1.165, 1.54) is 38.8 Å². The summed E-state index contributed by atoms with van der Waals surface area (Å²) in [4.78, 5) is 0. The first-order chi connectivity index (χ1) is 4.47. The molecule has 0 radical (unpaired) electrons. The van der Waals surface area contributed by atoms with E-state index in [-0.39, 0.29) is 0 Å². The van der Waals surface area contributed by atoms with Crippen LogP contribution in [0.25, 0.3) is 0 Å². The van der Waals surface area contributed by atoms with Gasteiger partial charge in [-0.25, -0.2) is 0 Å². The SMILES string of the molecule is C1CC(C2CCNC2)C1. The summed E-state index contributed by atoms with van der Waals surface area (Å²) < 4.78 is 0. The summed E-state index contributed by atoms with van der Waals surface area (Å²) >= 11 is 0. The Morgan fingerprint density at radius 2 is 1.89 bits per heavy atom. The van der Waals surface area contributed by atoms with Gasteiger partial charge in [0.1, 0.15) is 0 Å². The molecule has 1 heterocycles. The summed E-state index contributed by atoms with van der Waals surface area (Å²) in [6, 6.07) is 0. The van der Waals surface area contributed by atoms with Gasteiger partial charge >= 0.3 is 0 Å². The molecule has 1 atom stereocenters. The van der Waals surface area contributed by atoms with Crippen LogP contribution >= 0.6 is 0 Å². The topological polar surface area (TPSA) is 12.0 Å². The Morgan fingerprint density at radius 1 is 1.00 bits per heavy atom. The quantitative estimate of drug-likeness (QED) is 0.558. The fraction of sp³-hybridized carbons (Fsp3) is 1.00. The fourth-order valence-corrected chi connectivity index (χ4v) is 1.99. The lowest BCUT2D eigenvalue weighted by molar-refractivity contribution is 0.220. The first-order valence-electron chi connectivity index (χ1n) is 4.17. The minimum absolute atomic E-state index is 1.05. The van der Waals surface area contributed by atoms with E-state index in [0.29, 0.717) is 0 Å². The molecule has 2 fully saturated rings. The van der Waals surface area contributed by atoms with Gasteiger partial charge in [0.2, 0.25) is 0 Å². The minimum atomic E-state index is 1.05. The Kier molecular flexibility index (Phi) is 1.46. The predicted octanol–water partition coefficient (Wildman–Crippen LogP) is 1.40. The molecule has 0 aromatic heterocycles. The Hall–Kier alpha value is -0.0400. The molecule has 1 saturated heterocycles. The van der Waals surface area contributed by atoms with E-state index in [1.807, 2.05) is 0 Å². The van der Waals surface area contributed by atoms with Gasteiger partial charge in [0.15, 0.2) is 0 Å². The Labute approximate surface area is 56.8 Å². The van der Waals surface area contributed by atoms with Gasteiger partial charge in [-0.3, -0.25) is 0 Å². The van der Waals surface area contributed by atoms with Gasteiger partial charge in [0.25, 0.3) is 0 Å². The average molecular weight is 125 g/mol. The fourth-order valence-electron chi connectivity index (χ4n) is 1.99. The van der Waals surface area contributed by atoms with Crippen LogP contribution in [0.15, 0.2) is 0 Å². The van der Waals surface area contributed by atoms with Crippen molar-refractivity contribution in [2.24, 2.45) is 11.8 Å². The summed E-state index contributed by atoms with van der Waals surface area (Å²) in [5.41, 5.74) is 0. The second-order valence-corrected chi connectivity index (χ2v) is 3.44. The summed E-state index contributed by atoms with van der Waals surface area (Å²) in [5, 5.41) is 3.42. The summed E-state index contributed by atoms with van der Waals surface area (Å²) in [6.45, 7) is 2.59. The molecule has 1 N–H and O–H groups in total. The van der Waals surface area contributed by atoms with Gasteiger partial charge in [-0.1, -0.05) is 19.3 Å². The van der Waals surface area contributed by atoms with Crippen LogP contribution in [0, 0.1) is 11.8 Å². The van der Waals surface area contributed by atoms with Crippen LogP contribution in [0.5, 0.6) is 0 Å². The monoisotopic (exact) mass is 125 g/mol. The normalized spacial score (nSPS) is 36.7. The molecule has 2 rings (SSSR count). The van der Waals surface area contributed by atoms with Crippen molar-refractivity contribution in [1.29, 1.82) is 0 Å². The van der Waals surface area contributed by atoms with Gasteiger partial charge < -0.3 is 5.32 Å². The molecule has 52 valence electrons. The van der Waals surface area contributed by atoms with Gasteiger partial charge in [-0.15, -0.1) is 0 Å². The highest BCUT2D eigenvalue weighted by Crippen LogP contribution is 2.35. The molecule has 1 aliphatic heterocycles. The molecule has 1 heteroatoms. The molecule has 0 amide bonds. The van der Waals surface area contributed by atoms with Crippen molar-refractivity contribution in [1.82, 2.24) is 5.32 Å². The number of hydrogen-bond acceptors (Lipinski definition) is 1. The molecule has 9 heavy (non-hydrogen) atoms. The van der Waals surface area contributed by atoms with E-state index in [2.05, 4.69) is 5.32 Å². The van der Waals surface area contributed by atoms with Crippen LogP contribution in [-0.4, -0.2) is 13.1 Å². The predicted molar refractivity (Wildman–Crippen MR) is 38.3 cm³/mol. The van der Waals surface area contributed by atoms with Crippen molar-refractivity contribution in [3.05, 3.63) is 0 Å². The lowest BCUT2D eigenvalue weighted by atomic mass is 9.75. The van der Waals surface area contributed by atoms with Crippen molar-refractivity contribution >= 4 is 0 Å². The molecule has 1 saturated carbocycles. The highest BCUT2D eigenvalue weighted by atomic mass is 14.9. The van der Waals surface area contributed by atoms with Crippen LogP contribution < -0.4 is 5.32 Å². The van der Waals surface area contributed by atoms with Gasteiger partial charge in [0, 0.05) is 0 Å². The standard InChI is InChI=1S/C8H15N/c1-2-7(3-1)8-4-5-9-6-8/h7-9H,1-6H2. The summed E-state index contributed by atoms with van der Waals surface area (Å²) in [5.74, 6) is 2.17. The largest absolute Gasteiger partial charge is 0.316 e. The van der Waals surface area contributed by atoms with E-state index >= 15 is 0 Å². The lowest BCUT2D eigenvalue weighted by Gasteiger charge is -2.30. The maximum Gasteiger partial charge on any atom is -0.00174 e. The van der Waals surface area contributed by atoms with Crippen LogP contribution in [-0.2, 0) is 0 Å². The molecule has 0 aromatic rings. The van der Waals surface area contributed by atoms with Crippen molar-refractivity contribution in [2.75, 3.05) is 13.1 Å². The summed E-state index contributed by atoms with van der Waals surface area (Å²) in [6.07, 6.45) is 5.99. The third-order valence-electron chi connectivity index (χ3n) is 2.91. The second kappa shape index (κ2) is 2.30. The van der Waals surface area contributed by atoms with Crippen LogP contribution in [0.2, 0.25) is 0 Å². The van der Waals surface area contributed by atoms with Gasteiger partial charge in [-0.05, 0) is 31.3 Å². The zero-order chi connectivity index (χ0) is 6.10. The third-order valence-corrected chi connectivity index (χ3v) is 2.91.